The number of aliphatic hydroxyl groups excluding tert-OH is 1. The first-order valence-electron chi connectivity index (χ1n) is 4.11. The summed E-state index contributed by atoms with van der Waals surface area (Å²) >= 11 is 0. The van der Waals surface area contributed by atoms with Gasteiger partial charge in [-0.3, -0.25) is 4.79 Å². The van der Waals surface area contributed by atoms with Crippen LogP contribution in [0.15, 0.2) is 16.7 Å². The highest BCUT2D eigenvalue weighted by Crippen LogP contribution is 2.07. The van der Waals surface area contributed by atoms with Crippen molar-refractivity contribution in [2.24, 2.45) is 0 Å². The van der Waals surface area contributed by atoms with Crippen molar-refractivity contribution in [2.45, 2.75) is 20.0 Å². The molecule has 0 radical (unpaired) electrons. The fourth-order valence-electron chi connectivity index (χ4n) is 0.926. The Labute approximate surface area is 76.6 Å². The number of amides is 1. The highest BCUT2D eigenvalue weighted by Gasteiger charge is 2.11. The molecule has 4 nitrogen and oxygen atoms in total. The molecule has 1 aromatic rings. The Morgan fingerprint density at radius 1 is 1.77 bits per heavy atom. The van der Waals surface area contributed by atoms with Gasteiger partial charge in [-0.15, -0.1) is 0 Å². The second-order valence-corrected chi connectivity index (χ2v) is 2.99. The Hall–Kier alpha value is -1.29. The molecule has 0 saturated carbocycles. The average Bonchev–Trinajstić information content (AvgIpc) is 2.47. The van der Waals surface area contributed by atoms with E-state index < -0.39 is 6.10 Å². The summed E-state index contributed by atoms with van der Waals surface area (Å²) in [5.41, 5.74) is 0.795. The first kappa shape index (κ1) is 9.80. The van der Waals surface area contributed by atoms with Crippen molar-refractivity contribution in [1.82, 2.24) is 5.32 Å². The topological polar surface area (TPSA) is 62.5 Å². The van der Waals surface area contributed by atoms with Gasteiger partial charge in [0.25, 0.3) is 5.91 Å². The summed E-state index contributed by atoms with van der Waals surface area (Å²) in [7, 11) is 0. The lowest BCUT2D eigenvalue weighted by Gasteiger charge is -2.05. The monoisotopic (exact) mass is 183 g/mol. The lowest BCUT2D eigenvalue weighted by atomic mass is 10.2. The highest BCUT2D eigenvalue weighted by molar-refractivity contribution is 5.92. The van der Waals surface area contributed by atoms with E-state index in [1.165, 1.54) is 6.26 Å². The summed E-state index contributed by atoms with van der Waals surface area (Å²) in [6.07, 6.45) is 0.923. The number of furan rings is 1. The summed E-state index contributed by atoms with van der Waals surface area (Å²) in [4.78, 5) is 11.3. The van der Waals surface area contributed by atoms with Crippen molar-refractivity contribution in [3.63, 3.8) is 0 Å². The molecule has 0 aromatic carbocycles. The van der Waals surface area contributed by atoms with Crippen LogP contribution in [0.2, 0.25) is 0 Å². The van der Waals surface area contributed by atoms with Crippen LogP contribution in [0.3, 0.4) is 0 Å². The SMILES string of the molecule is Cc1ccoc1C(=O)NC[C@H](C)O. The van der Waals surface area contributed by atoms with Gasteiger partial charge in [0.1, 0.15) is 0 Å². The van der Waals surface area contributed by atoms with E-state index in [-0.39, 0.29) is 12.5 Å². The van der Waals surface area contributed by atoms with Crippen LogP contribution in [0.5, 0.6) is 0 Å². The van der Waals surface area contributed by atoms with Crippen LogP contribution in [0.25, 0.3) is 0 Å². The third-order valence-corrected chi connectivity index (χ3v) is 1.63. The van der Waals surface area contributed by atoms with Crippen LogP contribution in [-0.4, -0.2) is 23.7 Å². The molecule has 1 heterocycles. The van der Waals surface area contributed by atoms with Gasteiger partial charge < -0.3 is 14.8 Å². The molecule has 1 rings (SSSR count). The van der Waals surface area contributed by atoms with Crippen molar-refractivity contribution < 1.29 is 14.3 Å². The van der Waals surface area contributed by atoms with Crippen LogP contribution in [0.4, 0.5) is 0 Å². The largest absolute Gasteiger partial charge is 0.459 e. The summed E-state index contributed by atoms with van der Waals surface area (Å²) in [5.74, 6) is 0.0176. The molecule has 13 heavy (non-hydrogen) atoms. The number of hydrogen-bond donors (Lipinski definition) is 2. The van der Waals surface area contributed by atoms with E-state index in [1.807, 2.05) is 0 Å². The highest BCUT2D eigenvalue weighted by atomic mass is 16.3. The number of carbonyl (C=O) groups excluding carboxylic acids is 1. The van der Waals surface area contributed by atoms with E-state index in [9.17, 15) is 4.79 Å². The van der Waals surface area contributed by atoms with Gasteiger partial charge >= 0.3 is 0 Å². The van der Waals surface area contributed by atoms with Crippen molar-refractivity contribution in [3.05, 3.63) is 23.7 Å². The summed E-state index contributed by atoms with van der Waals surface area (Å²) in [5, 5.41) is 11.5. The third-order valence-electron chi connectivity index (χ3n) is 1.63. The molecule has 2 N–H and O–H groups in total. The number of nitrogens with one attached hydrogen (secondary N) is 1. The smallest absolute Gasteiger partial charge is 0.287 e. The molecular formula is C9H13NO3. The van der Waals surface area contributed by atoms with Crippen LogP contribution in [0.1, 0.15) is 23.0 Å². The molecule has 0 saturated heterocycles. The predicted octanol–water partition coefficient (Wildman–Crippen LogP) is 0.699. The fraction of sp³-hybridized carbons (Fsp3) is 0.444. The quantitative estimate of drug-likeness (QED) is 0.725. The summed E-state index contributed by atoms with van der Waals surface area (Å²) in [6.45, 7) is 3.63. The third kappa shape index (κ3) is 2.59. The van der Waals surface area contributed by atoms with E-state index in [4.69, 9.17) is 9.52 Å². The Kier molecular flexibility index (Phi) is 3.08. The number of carbonyl (C=O) groups is 1. The maximum atomic E-state index is 11.3. The minimum absolute atomic E-state index is 0.235. The molecule has 0 aliphatic carbocycles. The molecule has 72 valence electrons. The van der Waals surface area contributed by atoms with E-state index >= 15 is 0 Å². The van der Waals surface area contributed by atoms with Crippen molar-refractivity contribution in [2.75, 3.05) is 6.54 Å². The fourth-order valence-corrected chi connectivity index (χ4v) is 0.926. The Morgan fingerprint density at radius 3 is 2.92 bits per heavy atom. The number of rotatable bonds is 3. The van der Waals surface area contributed by atoms with Gasteiger partial charge in [0.2, 0.25) is 0 Å². The first-order valence-corrected chi connectivity index (χ1v) is 4.11. The van der Waals surface area contributed by atoms with Gasteiger partial charge in [-0.1, -0.05) is 0 Å². The summed E-state index contributed by atoms with van der Waals surface area (Å²) in [6, 6.07) is 1.72. The van der Waals surface area contributed by atoms with Crippen molar-refractivity contribution >= 4 is 5.91 Å². The molecule has 0 unspecified atom stereocenters. The molecule has 1 aromatic heterocycles. The van der Waals surface area contributed by atoms with Crippen molar-refractivity contribution in [1.29, 1.82) is 0 Å². The normalized spacial score (nSPS) is 12.5. The van der Waals surface area contributed by atoms with Gasteiger partial charge in [-0.25, -0.2) is 0 Å². The van der Waals surface area contributed by atoms with Crippen LogP contribution in [-0.2, 0) is 0 Å². The van der Waals surface area contributed by atoms with Crippen molar-refractivity contribution in [3.8, 4) is 0 Å². The molecule has 0 bridgehead atoms. The van der Waals surface area contributed by atoms with Gasteiger partial charge in [0, 0.05) is 12.1 Å². The van der Waals surface area contributed by atoms with Gasteiger partial charge in [0.15, 0.2) is 5.76 Å². The zero-order valence-corrected chi connectivity index (χ0v) is 7.70. The minimum atomic E-state index is -0.542. The Morgan fingerprint density at radius 2 is 2.46 bits per heavy atom. The molecule has 0 aliphatic rings. The number of aliphatic hydroxyl groups is 1. The predicted molar refractivity (Wildman–Crippen MR) is 47.5 cm³/mol. The maximum Gasteiger partial charge on any atom is 0.287 e. The van der Waals surface area contributed by atoms with Gasteiger partial charge in [-0.05, 0) is 19.9 Å². The zero-order chi connectivity index (χ0) is 9.84. The van der Waals surface area contributed by atoms with E-state index in [2.05, 4.69) is 5.32 Å². The van der Waals surface area contributed by atoms with Crippen LogP contribution < -0.4 is 5.32 Å². The van der Waals surface area contributed by atoms with Crippen LogP contribution >= 0.6 is 0 Å². The van der Waals surface area contributed by atoms with E-state index in [1.54, 1.807) is 19.9 Å². The Balaban J connectivity index is 2.54. The molecule has 0 fully saturated rings. The van der Waals surface area contributed by atoms with Gasteiger partial charge in [-0.2, -0.15) is 0 Å². The second-order valence-electron chi connectivity index (χ2n) is 2.99. The van der Waals surface area contributed by atoms with Gasteiger partial charge in [0.05, 0.1) is 12.4 Å². The molecule has 4 heteroatoms. The molecule has 0 spiro atoms. The lowest BCUT2D eigenvalue weighted by molar-refractivity contribution is 0.0895. The Bertz CT molecular complexity index is 291. The number of aryl methyl sites for hydroxylation is 1. The molecular weight excluding hydrogens is 170 g/mol. The average molecular weight is 183 g/mol. The van der Waals surface area contributed by atoms with E-state index in [0.717, 1.165) is 5.56 Å². The maximum absolute atomic E-state index is 11.3. The minimum Gasteiger partial charge on any atom is -0.459 e. The second kappa shape index (κ2) is 4.09. The van der Waals surface area contributed by atoms with E-state index in [0.29, 0.717) is 5.76 Å². The zero-order valence-electron chi connectivity index (χ0n) is 7.70. The number of hydrogen-bond acceptors (Lipinski definition) is 3. The standard InChI is InChI=1S/C9H13NO3/c1-6-3-4-13-8(6)9(12)10-5-7(2)11/h3-4,7,11H,5H2,1-2H3,(H,10,12)/t7-/m0/s1. The summed E-state index contributed by atoms with van der Waals surface area (Å²) < 4.78 is 4.96. The lowest BCUT2D eigenvalue weighted by Crippen LogP contribution is -2.30. The molecule has 1 amide bonds. The molecule has 1 atom stereocenters. The first-order chi connectivity index (χ1) is 6.11. The van der Waals surface area contributed by atoms with Crippen LogP contribution in [0, 0.1) is 6.92 Å². The molecule has 0 aliphatic heterocycles.